The van der Waals surface area contributed by atoms with Crippen molar-refractivity contribution in [1.29, 1.82) is 0 Å². The number of aryl methyl sites for hydroxylation is 3. The van der Waals surface area contributed by atoms with Gasteiger partial charge in [0, 0.05) is 18.1 Å². The monoisotopic (exact) mass is 258 g/mol. The second-order valence-corrected chi connectivity index (χ2v) is 6.35. The highest BCUT2D eigenvalue weighted by molar-refractivity contribution is 5.89. The molecule has 0 radical (unpaired) electrons. The lowest BCUT2D eigenvalue weighted by molar-refractivity contribution is 0.487. The van der Waals surface area contributed by atoms with Gasteiger partial charge in [-0.2, -0.15) is 0 Å². The van der Waals surface area contributed by atoms with Crippen molar-refractivity contribution >= 4 is 10.9 Å². The summed E-state index contributed by atoms with van der Waals surface area (Å²) in [4.78, 5) is 0. The first kappa shape index (κ1) is 14.1. The van der Waals surface area contributed by atoms with Crippen molar-refractivity contribution in [1.82, 2.24) is 4.57 Å². The molecule has 2 heteroatoms. The van der Waals surface area contributed by atoms with Crippen LogP contribution >= 0.6 is 0 Å². The van der Waals surface area contributed by atoms with E-state index in [4.69, 9.17) is 5.73 Å². The Balaban J connectivity index is 2.83. The fourth-order valence-corrected chi connectivity index (χ4v) is 3.31. The molecule has 2 aromatic rings. The predicted octanol–water partition coefficient (Wildman–Crippen LogP) is 3.73. The molecule has 0 fully saturated rings. The Bertz CT molecular complexity index is 618. The van der Waals surface area contributed by atoms with E-state index < -0.39 is 0 Å². The number of aromatic nitrogens is 1. The fraction of sp³-hybridized carbons (Fsp3) is 0.529. The van der Waals surface area contributed by atoms with E-state index in [9.17, 15) is 0 Å². The van der Waals surface area contributed by atoms with E-state index >= 15 is 0 Å². The van der Waals surface area contributed by atoms with E-state index in [1.165, 1.54) is 33.3 Å². The predicted molar refractivity (Wildman–Crippen MR) is 83.8 cm³/mol. The largest absolute Gasteiger partial charge is 0.347 e. The van der Waals surface area contributed by atoms with Gasteiger partial charge in [0.1, 0.15) is 0 Å². The first-order chi connectivity index (χ1) is 8.81. The van der Waals surface area contributed by atoms with E-state index in [2.05, 4.69) is 58.4 Å². The van der Waals surface area contributed by atoms with E-state index in [0.717, 1.165) is 13.0 Å². The normalized spacial score (nSPS) is 12.4. The second kappa shape index (κ2) is 4.68. The summed E-state index contributed by atoms with van der Waals surface area (Å²) in [5.41, 5.74) is 12.9. The standard InChI is InChI=1S/C17H26N2/c1-11-7-8-14-15(17(4,5)9-10-18)13(3)19(6)16(14)12(11)2/h7-8H,9-10,18H2,1-6H3. The van der Waals surface area contributed by atoms with E-state index in [1.807, 2.05) is 0 Å². The highest BCUT2D eigenvalue weighted by Gasteiger charge is 2.27. The maximum absolute atomic E-state index is 5.80. The summed E-state index contributed by atoms with van der Waals surface area (Å²) in [5, 5.41) is 1.39. The SMILES string of the molecule is Cc1ccc2c(C(C)(C)CCN)c(C)n(C)c2c1C. The van der Waals surface area contributed by atoms with Crippen LogP contribution in [-0.4, -0.2) is 11.1 Å². The Hall–Kier alpha value is -1.28. The lowest BCUT2D eigenvalue weighted by Crippen LogP contribution is -2.22. The van der Waals surface area contributed by atoms with Crippen LogP contribution in [0.2, 0.25) is 0 Å². The molecule has 0 spiro atoms. The molecule has 2 N–H and O–H groups in total. The average Bonchev–Trinajstić information content (AvgIpc) is 2.58. The van der Waals surface area contributed by atoms with E-state index in [0.29, 0.717) is 0 Å². The van der Waals surface area contributed by atoms with Gasteiger partial charge in [-0.3, -0.25) is 0 Å². The number of rotatable bonds is 3. The van der Waals surface area contributed by atoms with Gasteiger partial charge >= 0.3 is 0 Å². The Morgan fingerprint density at radius 2 is 1.79 bits per heavy atom. The number of fused-ring (bicyclic) bond motifs is 1. The van der Waals surface area contributed by atoms with Crippen molar-refractivity contribution in [3.05, 3.63) is 34.5 Å². The molecular formula is C17H26N2. The molecule has 1 heterocycles. The van der Waals surface area contributed by atoms with Gasteiger partial charge in [-0.05, 0) is 55.8 Å². The smallest absolute Gasteiger partial charge is 0.0515 e. The summed E-state index contributed by atoms with van der Waals surface area (Å²) in [5.74, 6) is 0. The molecule has 0 aliphatic rings. The molecule has 0 unspecified atom stereocenters. The average molecular weight is 258 g/mol. The lowest BCUT2D eigenvalue weighted by Gasteiger charge is -2.25. The molecule has 0 saturated carbocycles. The minimum atomic E-state index is 0.125. The van der Waals surface area contributed by atoms with Crippen LogP contribution in [-0.2, 0) is 12.5 Å². The maximum atomic E-state index is 5.80. The van der Waals surface area contributed by atoms with Gasteiger partial charge in [-0.15, -0.1) is 0 Å². The highest BCUT2D eigenvalue weighted by atomic mass is 15.0. The topological polar surface area (TPSA) is 30.9 Å². The third-order valence-corrected chi connectivity index (χ3v) is 4.62. The summed E-state index contributed by atoms with van der Waals surface area (Å²) in [6.07, 6.45) is 1.01. The van der Waals surface area contributed by atoms with Gasteiger partial charge < -0.3 is 10.3 Å². The molecule has 104 valence electrons. The van der Waals surface area contributed by atoms with Crippen LogP contribution in [0.5, 0.6) is 0 Å². The third-order valence-electron chi connectivity index (χ3n) is 4.62. The molecule has 2 rings (SSSR count). The molecule has 19 heavy (non-hydrogen) atoms. The molecule has 1 aromatic heterocycles. The van der Waals surface area contributed by atoms with Crippen molar-refractivity contribution in [2.24, 2.45) is 12.8 Å². The molecule has 0 bridgehead atoms. The number of hydrogen-bond donors (Lipinski definition) is 1. The van der Waals surface area contributed by atoms with Crippen molar-refractivity contribution in [3.63, 3.8) is 0 Å². The molecule has 0 aliphatic heterocycles. The van der Waals surface area contributed by atoms with Gasteiger partial charge in [0.2, 0.25) is 0 Å². The fourth-order valence-electron chi connectivity index (χ4n) is 3.31. The van der Waals surface area contributed by atoms with Crippen LogP contribution in [0.15, 0.2) is 12.1 Å². The van der Waals surface area contributed by atoms with Crippen LogP contribution in [0.4, 0.5) is 0 Å². The van der Waals surface area contributed by atoms with Crippen LogP contribution in [0.25, 0.3) is 10.9 Å². The maximum Gasteiger partial charge on any atom is 0.0515 e. The zero-order chi connectivity index (χ0) is 14.4. The summed E-state index contributed by atoms with van der Waals surface area (Å²) >= 11 is 0. The summed E-state index contributed by atoms with van der Waals surface area (Å²) < 4.78 is 2.34. The van der Waals surface area contributed by atoms with E-state index in [-0.39, 0.29) is 5.41 Å². The second-order valence-electron chi connectivity index (χ2n) is 6.35. The van der Waals surface area contributed by atoms with Gasteiger partial charge in [-0.25, -0.2) is 0 Å². The van der Waals surface area contributed by atoms with Crippen molar-refractivity contribution in [3.8, 4) is 0 Å². The van der Waals surface area contributed by atoms with Gasteiger partial charge in [0.15, 0.2) is 0 Å². The van der Waals surface area contributed by atoms with Gasteiger partial charge in [-0.1, -0.05) is 26.0 Å². The first-order valence-electron chi connectivity index (χ1n) is 7.07. The highest BCUT2D eigenvalue weighted by Crippen LogP contribution is 2.38. The Kier molecular flexibility index (Phi) is 3.48. The van der Waals surface area contributed by atoms with Crippen molar-refractivity contribution in [2.45, 2.75) is 46.5 Å². The number of nitrogens with two attached hydrogens (primary N) is 1. The van der Waals surface area contributed by atoms with Crippen LogP contribution in [0.3, 0.4) is 0 Å². The van der Waals surface area contributed by atoms with Crippen LogP contribution in [0, 0.1) is 20.8 Å². The quantitative estimate of drug-likeness (QED) is 0.893. The van der Waals surface area contributed by atoms with Gasteiger partial charge in [0.25, 0.3) is 0 Å². The summed E-state index contributed by atoms with van der Waals surface area (Å²) in [6.45, 7) is 12.0. The Labute approximate surface area is 116 Å². The summed E-state index contributed by atoms with van der Waals surface area (Å²) in [6, 6.07) is 4.51. The van der Waals surface area contributed by atoms with Crippen molar-refractivity contribution < 1.29 is 0 Å². The molecular weight excluding hydrogens is 232 g/mol. The molecule has 0 aliphatic carbocycles. The minimum absolute atomic E-state index is 0.125. The Morgan fingerprint density at radius 1 is 1.16 bits per heavy atom. The molecule has 0 saturated heterocycles. The third kappa shape index (κ3) is 2.08. The molecule has 1 aromatic carbocycles. The minimum Gasteiger partial charge on any atom is -0.347 e. The van der Waals surface area contributed by atoms with Crippen molar-refractivity contribution in [2.75, 3.05) is 6.54 Å². The number of hydrogen-bond acceptors (Lipinski definition) is 1. The zero-order valence-corrected chi connectivity index (χ0v) is 13.1. The van der Waals surface area contributed by atoms with Crippen LogP contribution in [0.1, 0.15) is 42.7 Å². The first-order valence-corrected chi connectivity index (χ1v) is 7.07. The molecule has 0 amide bonds. The zero-order valence-electron chi connectivity index (χ0n) is 13.1. The Morgan fingerprint density at radius 3 is 2.37 bits per heavy atom. The molecule has 0 atom stereocenters. The number of nitrogens with zero attached hydrogens (tertiary/aromatic N) is 1. The summed E-state index contributed by atoms with van der Waals surface area (Å²) in [7, 11) is 2.17. The number of benzene rings is 1. The van der Waals surface area contributed by atoms with Crippen LogP contribution < -0.4 is 5.73 Å². The van der Waals surface area contributed by atoms with Gasteiger partial charge in [0.05, 0.1) is 5.52 Å². The lowest BCUT2D eigenvalue weighted by atomic mass is 9.79. The molecule has 2 nitrogen and oxygen atoms in total. The van der Waals surface area contributed by atoms with E-state index in [1.54, 1.807) is 0 Å².